The smallest absolute Gasteiger partial charge is 0.132 e. The first-order valence-electron chi connectivity index (χ1n) is 8.20. The van der Waals surface area contributed by atoms with Gasteiger partial charge in [0.05, 0.1) is 17.1 Å². The van der Waals surface area contributed by atoms with Crippen LogP contribution < -0.4 is 9.64 Å². The summed E-state index contributed by atoms with van der Waals surface area (Å²) in [6.45, 7) is 4.32. The molecule has 0 N–H and O–H groups in total. The van der Waals surface area contributed by atoms with Gasteiger partial charge < -0.3 is 9.64 Å². The predicted molar refractivity (Wildman–Crippen MR) is 88.9 cm³/mol. The zero-order valence-corrected chi connectivity index (χ0v) is 13.1. The molecule has 5 nitrogen and oxygen atoms in total. The zero-order valence-electron chi connectivity index (χ0n) is 13.1. The topological polar surface area (TPSA) is 50.6 Å². The first kappa shape index (κ1) is 13.0. The maximum absolute atomic E-state index is 6.06. The number of benzene rings is 1. The van der Waals surface area contributed by atoms with Crippen molar-refractivity contribution in [3.8, 4) is 5.75 Å². The lowest BCUT2D eigenvalue weighted by molar-refractivity contribution is 0.200. The lowest BCUT2D eigenvalue weighted by Crippen LogP contribution is -2.37. The molecule has 2 aromatic rings. The summed E-state index contributed by atoms with van der Waals surface area (Å²) in [5, 5.41) is 0. The Morgan fingerprint density at radius 1 is 1.13 bits per heavy atom. The van der Waals surface area contributed by atoms with Crippen LogP contribution in [0.25, 0.3) is 0 Å². The van der Waals surface area contributed by atoms with E-state index in [0.29, 0.717) is 0 Å². The highest BCUT2D eigenvalue weighted by atomic mass is 16.5. The molecule has 1 saturated carbocycles. The van der Waals surface area contributed by atoms with E-state index in [-0.39, 0.29) is 5.60 Å². The number of aliphatic imine (C=N–C) groups is 1. The summed E-state index contributed by atoms with van der Waals surface area (Å²) in [7, 11) is 0. The van der Waals surface area contributed by atoms with E-state index >= 15 is 0 Å². The van der Waals surface area contributed by atoms with Gasteiger partial charge in [0.2, 0.25) is 0 Å². The third kappa shape index (κ3) is 2.19. The van der Waals surface area contributed by atoms with E-state index in [0.717, 1.165) is 60.2 Å². The van der Waals surface area contributed by atoms with Crippen LogP contribution in [0, 0.1) is 0 Å². The van der Waals surface area contributed by atoms with Gasteiger partial charge in [-0.15, -0.1) is 0 Å². The first-order valence-corrected chi connectivity index (χ1v) is 8.20. The molecule has 0 spiro atoms. The van der Waals surface area contributed by atoms with E-state index in [1.165, 1.54) is 6.42 Å². The van der Waals surface area contributed by atoms with Crippen molar-refractivity contribution in [2.45, 2.75) is 31.8 Å². The SMILES string of the molecule is CC1(Oc2ccc3c(c2)C(c2cc(N4CCC4)ncn2)=N3)CC1. The summed E-state index contributed by atoms with van der Waals surface area (Å²) in [5.41, 5.74) is 4.01. The Labute approximate surface area is 135 Å². The van der Waals surface area contributed by atoms with Crippen LogP contribution in [0.2, 0.25) is 0 Å². The maximum atomic E-state index is 6.06. The van der Waals surface area contributed by atoms with Gasteiger partial charge in [0.15, 0.2) is 0 Å². The van der Waals surface area contributed by atoms with E-state index in [1.807, 2.05) is 18.2 Å². The average Bonchev–Trinajstić information content (AvgIpc) is 3.18. The largest absolute Gasteiger partial charge is 0.488 e. The van der Waals surface area contributed by atoms with Crippen molar-refractivity contribution in [1.29, 1.82) is 0 Å². The van der Waals surface area contributed by atoms with E-state index in [2.05, 4.69) is 32.9 Å². The molecule has 5 rings (SSSR count). The van der Waals surface area contributed by atoms with Gasteiger partial charge in [-0.2, -0.15) is 0 Å². The van der Waals surface area contributed by atoms with Crippen molar-refractivity contribution in [3.63, 3.8) is 0 Å². The second kappa shape index (κ2) is 4.54. The summed E-state index contributed by atoms with van der Waals surface area (Å²) >= 11 is 0. The number of rotatable bonds is 4. The van der Waals surface area contributed by atoms with Crippen LogP contribution in [0.5, 0.6) is 5.75 Å². The summed E-state index contributed by atoms with van der Waals surface area (Å²) in [5.74, 6) is 1.92. The third-order valence-electron chi connectivity index (χ3n) is 4.85. The molecule has 3 aliphatic rings. The molecule has 5 heteroatoms. The summed E-state index contributed by atoms with van der Waals surface area (Å²) in [4.78, 5) is 15.6. The lowest BCUT2D eigenvalue weighted by atomic mass is 9.98. The van der Waals surface area contributed by atoms with Crippen molar-refractivity contribution in [2.75, 3.05) is 18.0 Å². The Hall–Kier alpha value is -2.43. The summed E-state index contributed by atoms with van der Waals surface area (Å²) < 4.78 is 6.06. The monoisotopic (exact) mass is 306 g/mol. The van der Waals surface area contributed by atoms with Crippen molar-refractivity contribution in [3.05, 3.63) is 41.9 Å². The minimum absolute atomic E-state index is 0.0366. The van der Waals surface area contributed by atoms with Gasteiger partial charge in [-0.25, -0.2) is 15.0 Å². The van der Waals surface area contributed by atoms with E-state index < -0.39 is 0 Å². The number of hydrogen-bond acceptors (Lipinski definition) is 5. The number of aromatic nitrogens is 2. The zero-order chi connectivity index (χ0) is 15.4. The molecule has 0 unspecified atom stereocenters. The Kier molecular flexibility index (Phi) is 2.57. The predicted octanol–water partition coefficient (Wildman–Crippen LogP) is 3.10. The molecule has 0 radical (unpaired) electrons. The fraction of sp³-hybridized carbons (Fsp3) is 0.389. The standard InChI is InChI=1S/C18H18N4O/c1-18(5-6-18)23-12-3-4-14-13(9-12)17(21-14)15-10-16(20-11-19-15)22-7-2-8-22/h3-4,9-11H,2,5-8H2,1H3. The fourth-order valence-electron chi connectivity index (χ4n) is 2.95. The number of hydrogen-bond donors (Lipinski definition) is 0. The van der Waals surface area contributed by atoms with Crippen molar-refractivity contribution in [2.24, 2.45) is 4.99 Å². The highest BCUT2D eigenvalue weighted by Crippen LogP contribution is 2.42. The Bertz CT molecular complexity index is 822. The highest BCUT2D eigenvalue weighted by Gasteiger charge is 2.40. The van der Waals surface area contributed by atoms with Gasteiger partial charge in [0.1, 0.15) is 23.5 Å². The lowest BCUT2D eigenvalue weighted by Gasteiger charge is -2.32. The van der Waals surface area contributed by atoms with Crippen molar-refractivity contribution >= 4 is 17.2 Å². The molecule has 0 atom stereocenters. The van der Waals surface area contributed by atoms with Gasteiger partial charge in [-0.3, -0.25) is 0 Å². The molecule has 1 aliphatic carbocycles. The van der Waals surface area contributed by atoms with Gasteiger partial charge in [0, 0.05) is 24.7 Å². The van der Waals surface area contributed by atoms with Crippen LogP contribution >= 0.6 is 0 Å². The minimum atomic E-state index is 0.0366. The molecule has 23 heavy (non-hydrogen) atoms. The van der Waals surface area contributed by atoms with Crippen LogP contribution in [0.15, 0.2) is 35.6 Å². The van der Waals surface area contributed by atoms with Crippen molar-refractivity contribution < 1.29 is 4.74 Å². The number of ether oxygens (including phenoxy) is 1. The molecular formula is C18H18N4O. The minimum Gasteiger partial charge on any atom is -0.488 e. The second-order valence-electron chi connectivity index (χ2n) is 6.79. The fourth-order valence-corrected chi connectivity index (χ4v) is 2.95. The average molecular weight is 306 g/mol. The quantitative estimate of drug-likeness (QED) is 0.743. The van der Waals surface area contributed by atoms with E-state index in [9.17, 15) is 0 Å². The van der Waals surface area contributed by atoms with Gasteiger partial charge in [0.25, 0.3) is 0 Å². The Morgan fingerprint density at radius 2 is 2.00 bits per heavy atom. The molecule has 3 heterocycles. The molecule has 1 aromatic carbocycles. The number of nitrogens with zero attached hydrogens (tertiary/aromatic N) is 4. The molecule has 1 aromatic heterocycles. The molecule has 0 amide bonds. The number of anilines is 1. The molecule has 0 bridgehead atoms. The Balaban J connectivity index is 1.43. The Morgan fingerprint density at radius 3 is 2.74 bits per heavy atom. The molecule has 2 aliphatic heterocycles. The summed E-state index contributed by atoms with van der Waals surface area (Å²) in [6, 6.07) is 8.16. The van der Waals surface area contributed by atoms with Crippen LogP contribution in [0.3, 0.4) is 0 Å². The third-order valence-corrected chi connectivity index (χ3v) is 4.85. The molecular weight excluding hydrogens is 288 g/mol. The normalized spacial score (nSPS) is 20.0. The van der Waals surface area contributed by atoms with Gasteiger partial charge in [-0.05, 0) is 44.4 Å². The molecule has 2 fully saturated rings. The molecule has 116 valence electrons. The first-order chi connectivity index (χ1) is 11.2. The van der Waals surface area contributed by atoms with Crippen LogP contribution in [0.4, 0.5) is 11.5 Å². The van der Waals surface area contributed by atoms with E-state index in [1.54, 1.807) is 6.33 Å². The number of fused-ring (bicyclic) bond motifs is 1. The maximum Gasteiger partial charge on any atom is 0.132 e. The van der Waals surface area contributed by atoms with Crippen LogP contribution in [0.1, 0.15) is 37.4 Å². The van der Waals surface area contributed by atoms with E-state index in [4.69, 9.17) is 4.74 Å². The van der Waals surface area contributed by atoms with Crippen molar-refractivity contribution in [1.82, 2.24) is 9.97 Å². The van der Waals surface area contributed by atoms with Gasteiger partial charge in [-0.1, -0.05) is 0 Å². The molecule has 1 saturated heterocycles. The van der Waals surface area contributed by atoms with Crippen LogP contribution in [-0.4, -0.2) is 34.4 Å². The van der Waals surface area contributed by atoms with Crippen LogP contribution in [-0.2, 0) is 0 Å². The summed E-state index contributed by atoms with van der Waals surface area (Å²) in [6.07, 6.45) is 5.14. The second-order valence-corrected chi connectivity index (χ2v) is 6.79. The highest BCUT2D eigenvalue weighted by molar-refractivity contribution is 6.21. The van der Waals surface area contributed by atoms with Gasteiger partial charge >= 0.3 is 0 Å².